The van der Waals surface area contributed by atoms with Gasteiger partial charge >= 0.3 is 0 Å². The van der Waals surface area contributed by atoms with Gasteiger partial charge < -0.3 is 5.11 Å². The molecule has 114 valence electrons. The van der Waals surface area contributed by atoms with Crippen LogP contribution >= 0.6 is 0 Å². The number of aliphatic hydroxyl groups excluding tert-OH is 1. The molecule has 4 atom stereocenters. The summed E-state index contributed by atoms with van der Waals surface area (Å²) in [6.45, 7) is 9.20. The fourth-order valence-electron chi connectivity index (χ4n) is 4.37. The predicted octanol–water partition coefficient (Wildman–Crippen LogP) is 4.40. The molecule has 2 saturated carbocycles. The van der Waals surface area contributed by atoms with E-state index in [1.54, 1.807) is 0 Å². The Labute approximate surface area is 128 Å². The molecule has 2 bridgehead atoms. The van der Waals surface area contributed by atoms with E-state index in [0.717, 1.165) is 17.9 Å². The highest BCUT2D eigenvalue weighted by Crippen LogP contribution is 2.64. The highest BCUT2D eigenvalue weighted by Gasteiger charge is 2.59. The van der Waals surface area contributed by atoms with Gasteiger partial charge in [0.05, 0.1) is 6.04 Å². The standard InChI is InChI=1S/C19H27NO/c1-13(17(21)14-8-6-5-7-9-14)20-16-12-15-10-11-19(16,4)18(15,2)3/h5-9,13,15,17,21H,10-12H2,1-4H3/t13-,15+,17-,19-/m0/s1. The number of nitrogens with zero attached hydrogens (tertiary/aromatic N) is 1. The first-order chi connectivity index (χ1) is 9.86. The summed E-state index contributed by atoms with van der Waals surface area (Å²) >= 11 is 0. The normalized spacial score (nSPS) is 35.1. The van der Waals surface area contributed by atoms with Crippen LogP contribution in [0.25, 0.3) is 0 Å². The molecule has 0 aliphatic heterocycles. The molecule has 0 radical (unpaired) electrons. The quantitative estimate of drug-likeness (QED) is 0.877. The Morgan fingerprint density at radius 3 is 2.38 bits per heavy atom. The third kappa shape index (κ3) is 2.15. The molecule has 1 aromatic carbocycles. The Morgan fingerprint density at radius 1 is 1.19 bits per heavy atom. The summed E-state index contributed by atoms with van der Waals surface area (Å²) in [6.07, 6.45) is 3.19. The molecular weight excluding hydrogens is 258 g/mol. The van der Waals surface area contributed by atoms with E-state index in [-0.39, 0.29) is 11.5 Å². The average Bonchev–Trinajstić information content (AvgIpc) is 2.80. The largest absolute Gasteiger partial charge is 0.386 e. The van der Waals surface area contributed by atoms with Crippen molar-refractivity contribution in [3.63, 3.8) is 0 Å². The van der Waals surface area contributed by atoms with E-state index in [1.807, 2.05) is 37.3 Å². The van der Waals surface area contributed by atoms with Crippen molar-refractivity contribution in [2.75, 3.05) is 0 Å². The number of aliphatic imine (C=N–C) groups is 1. The maximum absolute atomic E-state index is 10.5. The van der Waals surface area contributed by atoms with Gasteiger partial charge in [-0.25, -0.2) is 0 Å². The number of aliphatic hydroxyl groups is 1. The van der Waals surface area contributed by atoms with Crippen LogP contribution in [0.1, 0.15) is 58.6 Å². The molecule has 1 N–H and O–H groups in total. The molecule has 21 heavy (non-hydrogen) atoms. The van der Waals surface area contributed by atoms with Crippen LogP contribution in [0.15, 0.2) is 35.3 Å². The van der Waals surface area contributed by atoms with Gasteiger partial charge in [-0.1, -0.05) is 51.1 Å². The number of benzene rings is 1. The molecule has 0 amide bonds. The van der Waals surface area contributed by atoms with Crippen molar-refractivity contribution < 1.29 is 5.11 Å². The van der Waals surface area contributed by atoms with Crippen molar-refractivity contribution in [1.29, 1.82) is 0 Å². The van der Waals surface area contributed by atoms with Crippen LogP contribution in [0.3, 0.4) is 0 Å². The zero-order chi connectivity index (χ0) is 15.3. The molecule has 1 aromatic rings. The van der Waals surface area contributed by atoms with Gasteiger partial charge in [0.25, 0.3) is 0 Å². The van der Waals surface area contributed by atoms with Crippen LogP contribution < -0.4 is 0 Å². The Balaban J connectivity index is 1.83. The number of fused-ring (bicyclic) bond motifs is 2. The van der Waals surface area contributed by atoms with Gasteiger partial charge in [0, 0.05) is 11.1 Å². The van der Waals surface area contributed by atoms with Crippen LogP contribution in [0.4, 0.5) is 0 Å². The van der Waals surface area contributed by atoms with Gasteiger partial charge in [-0.15, -0.1) is 0 Å². The summed E-state index contributed by atoms with van der Waals surface area (Å²) in [6, 6.07) is 9.81. The summed E-state index contributed by atoms with van der Waals surface area (Å²) in [5, 5.41) is 10.5. The van der Waals surface area contributed by atoms with Crippen molar-refractivity contribution in [3.8, 4) is 0 Å². The van der Waals surface area contributed by atoms with E-state index >= 15 is 0 Å². The van der Waals surface area contributed by atoms with Gasteiger partial charge in [0.1, 0.15) is 6.10 Å². The topological polar surface area (TPSA) is 32.6 Å². The molecule has 3 rings (SSSR count). The molecular formula is C19H27NO. The average molecular weight is 285 g/mol. The summed E-state index contributed by atoms with van der Waals surface area (Å²) in [7, 11) is 0. The second-order valence-corrected chi connectivity index (χ2v) is 7.67. The summed E-state index contributed by atoms with van der Waals surface area (Å²) in [5.41, 5.74) is 2.87. The molecule has 0 saturated heterocycles. The highest BCUT2D eigenvalue weighted by atomic mass is 16.3. The van der Waals surface area contributed by atoms with Crippen molar-refractivity contribution >= 4 is 5.71 Å². The molecule has 0 aromatic heterocycles. The molecule has 0 heterocycles. The van der Waals surface area contributed by atoms with Crippen LogP contribution in [0, 0.1) is 16.7 Å². The van der Waals surface area contributed by atoms with Crippen molar-refractivity contribution in [2.24, 2.45) is 21.7 Å². The lowest BCUT2D eigenvalue weighted by Gasteiger charge is -2.35. The molecule has 2 nitrogen and oxygen atoms in total. The molecule has 0 unspecified atom stereocenters. The number of hydrogen-bond acceptors (Lipinski definition) is 2. The zero-order valence-electron chi connectivity index (χ0n) is 13.6. The van der Waals surface area contributed by atoms with Gasteiger partial charge in [-0.3, -0.25) is 4.99 Å². The second kappa shape index (κ2) is 4.95. The zero-order valence-corrected chi connectivity index (χ0v) is 13.6. The summed E-state index contributed by atoms with van der Waals surface area (Å²) in [4.78, 5) is 4.97. The molecule has 2 aliphatic carbocycles. The van der Waals surface area contributed by atoms with E-state index in [0.29, 0.717) is 5.41 Å². The van der Waals surface area contributed by atoms with E-state index in [1.165, 1.54) is 18.6 Å². The van der Waals surface area contributed by atoms with Crippen molar-refractivity contribution in [1.82, 2.24) is 0 Å². The highest BCUT2D eigenvalue weighted by molar-refractivity contribution is 5.94. The van der Waals surface area contributed by atoms with E-state index in [4.69, 9.17) is 4.99 Å². The minimum atomic E-state index is -0.510. The monoisotopic (exact) mass is 285 g/mol. The first-order valence-corrected chi connectivity index (χ1v) is 8.16. The third-order valence-corrected chi connectivity index (χ3v) is 6.47. The fourth-order valence-corrected chi connectivity index (χ4v) is 4.37. The molecule has 2 fully saturated rings. The van der Waals surface area contributed by atoms with Crippen LogP contribution in [-0.4, -0.2) is 16.9 Å². The first-order valence-electron chi connectivity index (χ1n) is 8.16. The van der Waals surface area contributed by atoms with Gasteiger partial charge in [0.2, 0.25) is 0 Å². The Bertz CT molecular complexity index is 548. The lowest BCUT2D eigenvalue weighted by Crippen LogP contribution is -2.33. The SMILES string of the molecule is C[C@H](N=C1C[C@H]2CC[C@]1(C)C2(C)C)[C@H](O)c1ccccc1. The van der Waals surface area contributed by atoms with Crippen LogP contribution in [0.5, 0.6) is 0 Å². The second-order valence-electron chi connectivity index (χ2n) is 7.67. The Hall–Kier alpha value is -1.15. The van der Waals surface area contributed by atoms with Gasteiger partial charge in [-0.2, -0.15) is 0 Å². The van der Waals surface area contributed by atoms with Crippen molar-refractivity contribution in [3.05, 3.63) is 35.9 Å². The molecule has 2 heteroatoms. The Morgan fingerprint density at radius 2 is 1.86 bits per heavy atom. The van der Waals surface area contributed by atoms with Gasteiger partial charge in [0.15, 0.2) is 0 Å². The fraction of sp³-hybridized carbons (Fsp3) is 0.632. The molecule has 2 aliphatic rings. The molecule has 0 spiro atoms. The smallest absolute Gasteiger partial charge is 0.101 e. The van der Waals surface area contributed by atoms with Gasteiger partial charge in [-0.05, 0) is 43.1 Å². The third-order valence-electron chi connectivity index (χ3n) is 6.47. The Kier molecular flexibility index (Phi) is 3.48. The van der Waals surface area contributed by atoms with Crippen LogP contribution in [-0.2, 0) is 0 Å². The van der Waals surface area contributed by atoms with E-state index in [2.05, 4.69) is 20.8 Å². The lowest BCUT2D eigenvalue weighted by atomic mass is 9.70. The predicted molar refractivity (Wildman–Crippen MR) is 87.5 cm³/mol. The summed E-state index contributed by atoms with van der Waals surface area (Å²) < 4.78 is 0. The maximum atomic E-state index is 10.5. The number of rotatable bonds is 3. The van der Waals surface area contributed by atoms with E-state index in [9.17, 15) is 5.11 Å². The lowest BCUT2D eigenvalue weighted by molar-refractivity contribution is 0.152. The first kappa shape index (κ1) is 14.8. The van der Waals surface area contributed by atoms with Crippen molar-refractivity contribution in [2.45, 2.75) is 59.1 Å². The van der Waals surface area contributed by atoms with E-state index < -0.39 is 6.10 Å². The maximum Gasteiger partial charge on any atom is 0.101 e. The minimum Gasteiger partial charge on any atom is -0.386 e. The summed E-state index contributed by atoms with van der Waals surface area (Å²) in [5.74, 6) is 0.766. The van der Waals surface area contributed by atoms with Crippen LogP contribution in [0.2, 0.25) is 0 Å². The minimum absolute atomic E-state index is 0.0747. The number of hydrogen-bond donors (Lipinski definition) is 1.